The molecule has 0 spiro atoms. The standard InChI is InChI=1S/C19H31N3O2/c1-3-4-5-8-16(2)20-19(24)15-21-11-13-22(14-12-21)17-9-6-7-10-18(17)23/h6-7,9-10,16,23H,3-5,8,11-15H2,1-2H3,(H,20,24)/t16-/m1/s1. The highest BCUT2D eigenvalue weighted by Crippen LogP contribution is 2.27. The van der Waals surface area contributed by atoms with Gasteiger partial charge in [0.2, 0.25) is 5.91 Å². The van der Waals surface area contributed by atoms with E-state index in [1.807, 2.05) is 18.2 Å². The third-order valence-electron chi connectivity index (χ3n) is 4.61. The van der Waals surface area contributed by atoms with Crippen molar-refractivity contribution < 1.29 is 9.90 Å². The van der Waals surface area contributed by atoms with E-state index >= 15 is 0 Å². The van der Waals surface area contributed by atoms with E-state index < -0.39 is 0 Å². The number of unbranched alkanes of at least 4 members (excludes halogenated alkanes) is 2. The summed E-state index contributed by atoms with van der Waals surface area (Å²) >= 11 is 0. The van der Waals surface area contributed by atoms with E-state index in [0.717, 1.165) is 38.3 Å². The molecular weight excluding hydrogens is 302 g/mol. The van der Waals surface area contributed by atoms with Gasteiger partial charge in [-0.3, -0.25) is 9.69 Å². The number of anilines is 1. The van der Waals surface area contributed by atoms with Crippen LogP contribution >= 0.6 is 0 Å². The Balaban J connectivity index is 1.71. The summed E-state index contributed by atoms with van der Waals surface area (Å²) in [6.07, 6.45) is 4.67. The molecule has 5 nitrogen and oxygen atoms in total. The van der Waals surface area contributed by atoms with Crippen LogP contribution < -0.4 is 10.2 Å². The molecule has 0 radical (unpaired) electrons. The molecule has 1 aliphatic rings. The van der Waals surface area contributed by atoms with Crippen molar-refractivity contribution in [3.63, 3.8) is 0 Å². The van der Waals surface area contributed by atoms with Crippen LogP contribution in [0.4, 0.5) is 5.69 Å². The van der Waals surface area contributed by atoms with Crippen molar-refractivity contribution in [1.82, 2.24) is 10.2 Å². The van der Waals surface area contributed by atoms with Gasteiger partial charge in [0, 0.05) is 32.2 Å². The second-order valence-corrected chi connectivity index (χ2v) is 6.72. The topological polar surface area (TPSA) is 55.8 Å². The fourth-order valence-electron chi connectivity index (χ4n) is 3.17. The first-order chi connectivity index (χ1) is 11.6. The third-order valence-corrected chi connectivity index (χ3v) is 4.61. The number of amides is 1. The number of phenols is 1. The molecular formula is C19H31N3O2. The molecule has 1 aliphatic heterocycles. The number of hydrogen-bond donors (Lipinski definition) is 2. The number of phenolic OH excluding ortho intramolecular Hbond substituents is 1. The average Bonchev–Trinajstić information content (AvgIpc) is 2.56. The van der Waals surface area contributed by atoms with Crippen LogP contribution in [0.15, 0.2) is 24.3 Å². The molecule has 1 heterocycles. The second-order valence-electron chi connectivity index (χ2n) is 6.72. The van der Waals surface area contributed by atoms with E-state index in [2.05, 4.69) is 29.0 Å². The highest BCUT2D eigenvalue weighted by atomic mass is 16.3. The molecule has 1 saturated heterocycles. The SMILES string of the molecule is CCCCC[C@@H](C)NC(=O)CN1CCN(c2ccccc2O)CC1. The Morgan fingerprint density at radius 2 is 1.92 bits per heavy atom. The van der Waals surface area contributed by atoms with Crippen LogP contribution in [0.3, 0.4) is 0 Å². The molecule has 24 heavy (non-hydrogen) atoms. The molecule has 0 aromatic heterocycles. The van der Waals surface area contributed by atoms with Crippen LogP contribution in [-0.2, 0) is 4.79 Å². The third kappa shape index (κ3) is 5.71. The summed E-state index contributed by atoms with van der Waals surface area (Å²) in [5.74, 6) is 0.444. The highest BCUT2D eigenvalue weighted by Gasteiger charge is 2.21. The maximum Gasteiger partial charge on any atom is 0.234 e. The van der Waals surface area contributed by atoms with Gasteiger partial charge in [-0.15, -0.1) is 0 Å². The predicted octanol–water partition coefficient (Wildman–Crippen LogP) is 2.60. The minimum atomic E-state index is 0.120. The van der Waals surface area contributed by atoms with Gasteiger partial charge in [-0.25, -0.2) is 0 Å². The van der Waals surface area contributed by atoms with Crippen molar-refractivity contribution >= 4 is 11.6 Å². The molecule has 0 bridgehead atoms. The van der Waals surface area contributed by atoms with Gasteiger partial charge >= 0.3 is 0 Å². The van der Waals surface area contributed by atoms with Crippen LogP contribution in [-0.4, -0.2) is 54.7 Å². The van der Waals surface area contributed by atoms with Gasteiger partial charge in [0.15, 0.2) is 0 Å². The summed E-state index contributed by atoms with van der Waals surface area (Å²) in [7, 11) is 0. The quantitative estimate of drug-likeness (QED) is 0.718. The zero-order valence-corrected chi connectivity index (χ0v) is 15.0. The van der Waals surface area contributed by atoms with E-state index in [1.165, 1.54) is 19.3 Å². The number of carbonyl (C=O) groups is 1. The lowest BCUT2D eigenvalue weighted by molar-refractivity contribution is -0.123. The molecule has 1 fully saturated rings. The highest BCUT2D eigenvalue weighted by molar-refractivity contribution is 5.78. The second kappa shape index (κ2) is 9.52. The summed E-state index contributed by atoms with van der Waals surface area (Å²) < 4.78 is 0. The van der Waals surface area contributed by atoms with Gasteiger partial charge in [0.25, 0.3) is 0 Å². The first-order valence-corrected chi connectivity index (χ1v) is 9.14. The van der Waals surface area contributed by atoms with Gasteiger partial charge < -0.3 is 15.3 Å². The minimum absolute atomic E-state index is 0.120. The largest absolute Gasteiger partial charge is 0.506 e. The van der Waals surface area contributed by atoms with Crippen LogP contribution in [0.25, 0.3) is 0 Å². The molecule has 1 amide bonds. The Bertz CT molecular complexity index is 513. The Labute approximate surface area is 145 Å². The number of rotatable bonds is 8. The Morgan fingerprint density at radius 3 is 2.58 bits per heavy atom. The number of carbonyl (C=O) groups excluding carboxylic acids is 1. The van der Waals surface area contributed by atoms with Crippen LogP contribution in [0.1, 0.15) is 39.5 Å². The first-order valence-electron chi connectivity index (χ1n) is 9.14. The summed E-state index contributed by atoms with van der Waals surface area (Å²) in [5.41, 5.74) is 0.881. The van der Waals surface area contributed by atoms with Crippen molar-refractivity contribution in [3.8, 4) is 5.75 Å². The maximum absolute atomic E-state index is 12.2. The number of para-hydroxylation sites is 2. The lowest BCUT2D eigenvalue weighted by Crippen LogP contribution is -2.50. The monoisotopic (exact) mass is 333 g/mol. The molecule has 134 valence electrons. The number of nitrogens with one attached hydrogen (secondary N) is 1. The average molecular weight is 333 g/mol. The van der Waals surface area contributed by atoms with Crippen molar-refractivity contribution in [2.45, 2.75) is 45.6 Å². The number of benzene rings is 1. The number of aromatic hydroxyl groups is 1. The van der Waals surface area contributed by atoms with Gasteiger partial charge in [-0.1, -0.05) is 38.3 Å². The lowest BCUT2D eigenvalue weighted by atomic mass is 10.1. The molecule has 1 aromatic carbocycles. The van der Waals surface area contributed by atoms with Crippen molar-refractivity contribution in [2.24, 2.45) is 0 Å². The van der Waals surface area contributed by atoms with Crippen LogP contribution in [0.2, 0.25) is 0 Å². The van der Waals surface area contributed by atoms with Crippen molar-refractivity contribution in [3.05, 3.63) is 24.3 Å². The normalized spacial score (nSPS) is 16.8. The van der Waals surface area contributed by atoms with E-state index in [4.69, 9.17) is 0 Å². The molecule has 2 N–H and O–H groups in total. The van der Waals surface area contributed by atoms with Crippen LogP contribution in [0, 0.1) is 0 Å². The Kier molecular flexibility index (Phi) is 7.37. The lowest BCUT2D eigenvalue weighted by Gasteiger charge is -2.36. The summed E-state index contributed by atoms with van der Waals surface area (Å²) in [6.45, 7) is 8.08. The van der Waals surface area contributed by atoms with Gasteiger partial charge in [0.05, 0.1) is 12.2 Å². The van der Waals surface area contributed by atoms with Gasteiger partial charge in [-0.05, 0) is 25.5 Å². The fraction of sp³-hybridized carbons (Fsp3) is 0.632. The zero-order valence-electron chi connectivity index (χ0n) is 15.0. The van der Waals surface area contributed by atoms with E-state index in [9.17, 15) is 9.90 Å². The van der Waals surface area contributed by atoms with Crippen molar-refractivity contribution in [2.75, 3.05) is 37.6 Å². The summed E-state index contributed by atoms with van der Waals surface area (Å²) in [4.78, 5) is 16.5. The van der Waals surface area contributed by atoms with E-state index in [-0.39, 0.29) is 11.9 Å². The molecule has 5 heteroatoms. The predicted molar refractivity (Wildman–Crippen MR) is 98.5 cm³/mol. The van der Waals surface area contributed by atoms with Gasteiger partial charge in [-0.2, -0.15) is 0 Å². The molecule has 0 unspecified atom stereocenters. The van der Waals surface area contributed by atoms with Gasteiger partial charge in [0.1, 0.15) is 5.75 Å². The molecule has 0 aliphatic carbocycles. The molecule has 2 rings (SSSR count). The first kappa shape index (κ1) is 18.6. The molecule has 1 aromatic rings. The summed E-state index contributed by atoms with van der Waals surface area (Å²) in [6, 6.07) is 7.69. The number of piperazine rings is 1. The maximum atomic E-state index is 12.2. The fourth-order valence-corrected chi connectivity index (χ4v) is 3.17. The molecule has 1 atom stereocenters. The summed E-state index contributed by atoms with van der Waals surface area (Å²) in [5, 5.41) is 13.0. The van der Waals surface area contributed by atoms with E-state index in [0.29, 0.717) is 12.3 Å². The van der Waals surface area contributed by atoms with Crippen LogP contribution in [0.5, 0.6) is 5.75 Å². The Morgan fingerprint density at radius 1 is 1.21 bits per heavy atom. The minimum Gasteiger partial charge on any atom is -0.506 e. The number of hydrogen-bond acceptors (Lipinski definition) is 4. The van der Waals surface area contributed by atoms with E-state index in [1.54, 1.807) is 6.07 Å². The smallest absolute Gasteiger partial charge is 0.234 e. The molecule has 0 saturated carbocycles. The number of nitrogens with zero attached hydrogens (tertiary/aromatic N) is 2. The zero-order chi connectivity index (χ0) is 17.4. The van der Waals surface area contributed by atoms with Crippen molar-refractivity contribution in [1.29, 1.82) is 0 Å². The Hall–Kier alpha value is -1.75.